The Morgan fingerprint density at radius 1 is 0.900 bits per heavy atom. The molecule has 0 aliphatic heterocycles. The van der Waals surface area contributed by atoms with E-state index in [1.807, 2.05) is 18.2 Å². The van der Waals surface area contributed by atoms with Crippen LogP contribution in [0.25, 0.3) is 0 Å². The molecule has 0 amide bonds. The van der Waals surface area contributed by atoms with Gasteiger partial charge in [0.2, 0.25) is 0 Å². The molecular weight excluding hydrogens is 272 g/mol. The Hall–Kier alpha value is -1.67. The van der Waals surface area contributed by atoms with Crippen molar-refractivity contribution in [1.29, 1.82) is 0 Å². The van der Waals surface area contributed by atoms with Gasteiger partial charge in [-0.1, -0.05) is 18.2 Å². The van der Waals surface area contributed by atoms with E-state index in [1.165, 1.54) is 11.1 Å². The van der Waals surface area contributed by atoms with Gasteiger partial charge in [-0.25, -0.2) is 0 Å². The second kappa shape index (κ2) is 6.19. The van der Waals surface area contributed by atoms with Gasteiger partial charge in [0.15, 0.2) is 0 Å². The molecule has 0 N–H and O–H groups in total. The first-order valence-electron chi connectivity index (χ1n) is 6.50. The van der Waals surface area contributed by atoms with Gasteiger partial charge in [-0.2, -0.15) is 0 Å². The predicted octanol–water partition coefficient (Wildman–Crippen LogP) is 4.65. The minimum absolute atomic E-state index is 0.264. The van der Waals surface area contributed by atoms with Crippen LogP contribution in [0.2, 0.25) is 0 Å². The van der Waals surface area contributed by atoms with E-state index in [0.29, 0.717) is 0 Å². The Labute approximate surface area is 125 Å². The lowest BCUT2D eigenvalue weighted by Gasteiger charge is -2.16. The van der Waals surface area contributed by atoms with Crippen molar-refractivity contribution in [1.82, 2.24) is 0 Å². The topological polar surface area (TPSA) is 18.5 Å². The molecule has 1 unspecified atom stereocenters. The van der Waals surface area contributed by atoms with Crippen LogP contribution in [0.3, 0.4) is 0 Å². The quantitative estimate of drug-likeness (QED) is 0.763. The van der Waals surface area contributed by atoms with Crippen molar-refractivity contribution in [3.63, 3.8) is 0 Å². The van der Waals surface area contributed by atoms with Crippen LogP contribution in [0.15, 0.2) is 36.4 Å². The van der Waals surface area contributed by atoms with Crippen LogP contribution in [-0.4, -0.2) is 14.2 Å². The molecule has 0 bridgehead atoms. The molecule has 3 heteroatoms. The summed E-state index contributed by atoms with van der Waals surface area (Å²) in [5.41, 5.74) is 4.46. The van der Waals surface area contributed by atoms with E-state index >= 15 is 0 Å². The Balaban J connectivity index is 2.45. The summed E-state index contributed by atoms with van der Waals surface area (Å²) >= 11 is 6.63. The van der Waals surface area contributed by atoms with Crippen LogP contribution in [-0.2, 0) is 0 Å². The first-order valence-corrected chi connectivity index (χ1v) is 6.93. The van der Waals surface area contributed by atoms with Gasteiger partial charge in [-0.3, -0.25) is 0 Å². The first-order chi connectivity index (χ1) is 9.56. The normalized spacial score (nSPS) is 12.1. The third-order valence-electron chi connectivity index (χ3n) is 3.53. The number of ether oxygens (including phenoxy) is 2. The van der Waals surface area contributed by atoms with E-state index in [-0.39, 0.29) is 5.38 Å². The summed E-state index contributed by atoms with van der Waals surface area (Å²) < 4.78 is 10.7. The third kappa shape index (κ3) is 2.91. The van der Waals surface area contributed by atoms with Gasteiger partial charge in [0.25, 0.3) is 0 Å². The van der Waals surface area contributed by atoms with Crippen molar-refractivity contribution in [3.05, 3.63) is 58.7 Å². The molecule has 2 rings (SSSR count). The van der Waals surface area contributed by atoms with E-state index in [9.17, 15) is 0 Å². The SMILES string of the molecule is COc1ccc(OC)c(C(Cl)c2ccc(C)c(C)c2)c1. The Bertz CT molecular complexity index is 608. The summed E-state index contributed by atoms with van der Waals surface area (Å²) in [6.45, 7) is 4.18. The van der Waals surface area contributed by atoms with Crippen molar-refractivity contribution in [2.24, 2.45) is 0 Å². The van der Waals surface area contributed by atoms with Gasteiger partial charge in [0.1, 0.15) is 11.5 Å². The highest BCUT2D eigenvalue weighted by Crippen LogP contribution is 2.37. The molecule has 0 aliphatic rings. The van der Waals surface area contributed by atoms with Gasteiger partial charge in [0.05, 0.1) is 19.6 Å². The summed E-state index contributed by atoms with van der Waals surface area (Å²) in [5, 5.41) is -0.264. The second-order valence-corrected chi connectivity index (χ2v) is 5.25. The molecule has 0 radical (unpaired) electrons. The standard InChI is InChI=1S/C17H19ClO2/c1-11-5-6-13(9-12(11)2)17(18)15-10-14(19-3)7-8-16(15)20-4/h5-10,17H,1-4H3. The van der Waals surface area contributed by atoms with Crippen LogP contribution in [0.5, 0.6) is 11.5 Å². The molecule has 0 saturated heterocycles. The largest absolute Gasteiger partial charge is 0.497 e. The van der Waals surface area contributed by atoms with Gasteiger partial charge in [-0.15, -0.1) is 11.6 Å². The Morgan fingerprint density at radius 2 is 1.65 bits per heavy atom. The Morgan fingerprint density at radius 3 is 2.25 bits per heavy atom. The van der Waals surface area contributed by atoms with Crippen molar-refractivity contribution >= 4 is 11.6 Å². The molecule has 0 spiro atoms. The van der Waals surface area contributed by atoms with Crippen LogP contribution in [0.1, 0.15) is 27.6 Å². The molecular formula is C17H19ClO2. The molecule has 0 fully saturated rings. The van der Waals surface area contributed by atoms with Gasteiger partial charge in [-0.05, 0) is 48.7 Å². The Kier molecular flexibility index (Phi) is 4.56. The zero-order valence-corrected chi connectivity index (χ0v) is 13.0. The molecule has 0 saturated carbocycles. The molecule has 1 atom stereocenters. The lowest BCUT2D eigenvalue weighted by molar-refractivity contribution is 0.399. The minimum atomic E-state index is -0.264. The molecule has 0 aliphatic carbocycles. The molecule has 106 valence electrons. The summed E-state index contributed by atoms with van der Waals surface area (Å²) in [4.78, 5) is 0. The van der Waals surface area contributed by atoms with E-state index < -0.39 is 0 Å². The highest BCUT2D eigenvalue weighted by atomic mass is 35.5. The lowest BCUT2D eigenvalue weighted by Crippen LogP contribution is -1.99. The lowest BCUT2D eigenvalue weighted by atomic mass is 9.99. The highest BCUT2D eigenvalue weighted by Gasteiger charge is 2.17. The van der Waals surface area contributed by atoms with Crippen LogP contribution >= 0.6 is 11.6 Å². The molecule has 0 aromatic heterocycles. The van der Waals surface area contributed by atoms with Gasteiger partial charge >= 0.3 is 0 Å². The minimum Gasteiger partial charge on any atom is -0.497 e. The summed E-state index contributed by atoms with van der Waals surface area (Å²) in [6.07, 6.45) is 0. The predicted molar refractivity (Wildman–Crippen MR) is 83.2 cm³/mol. The maximum atomic E-state index is 6.63. The van der Waals surface area contributed by atoms with E-state index in [0.717, 1.165) is 22.6 Å². The van der Waals surface area contributed by atoms with Gasteiger partial charge < -0.3 is 9.47 Å². The molecule has 2 aromatic rings. The summed E-state index contributed by atoms with van der Waals surface area (Å²) in [7, 11) is 3.29. The summed E-state index contributed by atoms with van der Waals surface area (Å²) in [5.74, 6) is 1.54. The molecule has 2 nitrogen and oxygen atoms in total. The number of rotatable bonds is 4. The van der Waals surface area contributed by atoms with Crippen molar-refractivity contribution < 1.29 is 9.47 Å². The van der Waals surface area contributed by atoms with Crippen LogP contribution < -0.4 is 9.47 Å². The fourth-order valence-corrected chi connectivity index (χ4v) is 2.45. The first kappa shape index (κ1) is 14.7. The number of hydrogen-bond donors (Lipinski definition) is 0. The molecule has 0 heterocycles. The van der Waals surface area contributed by atoms with Crippen molar-refractivity contribution in [3.8, 4) is 11.5 Å². The highest BCUT2D eigenvalue weighted by molar-refractivity contribution is 6.22. The zero-order valence-electron chi connectivity index (χ0n) is 12.2. The average molecular weight is 291 g/mol. The number of benzene rings is 2. The van der Waals surface area contributed by atoms with Gasteiger partial charge in [0, 0.05) is 5.56 Å². The monoisotopic (exact) mass is 290 g/mol. The number of hydrogen-bond acceptors (Lipinski definition) is 2. The average Bonchev–Trinajstić information content (AvgIpc) is 2.48. The molecule has 2 aromatic carbocycles. The molecule has 20 heavy (non-hydrogen) atoms. The third-order valence-corrected chi connectivity index (χ3v) is 4.02. The summed E-state index contributed by atoms with van der Waals surface area (Å²) in [6, 6.07) is 11.9. The number of alkyl halides is 1. The van der Waals surface area contributed by atoms with Crippen LogP contribution in [0, 0.1) is 13.8 Å². The van der Waals surface area contributed by atoms with Crippen molar-refractivity contribution in [2.45, 2.75) is 19.2 Å². The zero-order chi connectivity index (χ0) is 14.7. The maximum Gasteiger partial charge on any atom is 0.124 e. The smallest absolute Gasteiger partial charge is 0.124 e. The number of aryl methyl sites for hydroxylation is 2. The fourth-order valence-electron chi connectivity index (χ4n) is 2.14. The number of methoxy groups -OCH3 is 2. The van der Waals surface area contributed by atoms with E-state index in [2.05, 4.69) is 32.0 Å². The fraction of sp³-hybridized carbons (Fsp3) is 0.294. The number of halogens is 1. The van der Waals surface area contributed by atoms with Crippen molar-refractivity contribution in [2.75, 3.05) is 14.2 Å². The maximum absolute atomic E-state index is 6.63. The van der Waals surface area contributed by atoms with E-state index in [4.69, 9.17) is 21.1 Å². The van der Waals surface area contributed by atoms with E-state index in [1.54, 1.807) is 14.2 Å². The second-order valence-electron chi connectivity index (χ2n) is 4.81. The van der Waals surface area contributed by atoms with Crippen LogP contribution in [0.4, 0.5) is 0 Å².